The van der Waals surface area contributed by atoms with Gasteiger partial charge in [-0.15, -0.1) is 0 Å². The quantitative estimate of drug-likeness (QED) is 0.659. The number of rotatable bonds is 0. The van der Waals surface area contributed by atoms with E-state index in [2.05, 4.69) is 4.98 Å². The summed E-state index contributed by atoms with van der Waals surface area (Å²) in [6, 6.07) is 7.89. The van der Waals surface area contributed by atoms with Crippen LogP contribution >= 0.6 is 0 Å². The average Bonchev–Trinajstić information content (AvgIpc) is 2.67. The van der Waals surface area contributed by atoms with Crippen LogP contribution in [0.25, 0.3) is 16.8 Å². The van der Waals surface area contributed by atoms with Crippen molar-refractivity contribution in [2.24, 2.45) is 0 Å². The van der Waals surface area contributed by atoms with E-state index in [1.165, 1.54) is 0 Å². The Labute approximate surface area is 74.9 Å². The SMILES string of the molecule is OC1=CCn2c1nc1ccccc12. The molecule has 64 valence electrons. The minimum atomic E-state index is 0.288. The lowest BCUT2D eigenvalue weighted by atomic mass is 10.3. The number of imidazole rings is 1. The normalized spacial score (nSPS) is 14.6. The maximum atomic E-state index is 9.46. The molecular formula is C10H8N2O. The fourth-order valence-corrected chi connectivity index (χ4v) is 1.72. The zero-order valence-electron chi connectivity index (χ0n) is 6.94. The summed E-state index contributed by atoms with van der Waals surface area (Å²) in [5.41, 5.74) is 2.02. The highest BCUT2D eigenvalue weighted by Crippen LogP contribution is 2.24. The molecule has 0 bridgehead atoms. The highest BCUT2D eigenvalue weighted by molar-refractivity contribution is 5.80. The van der Waals surface area contributed by atoms with Gasteiger partial charge >= 0.3 is 0 Å². The van der Waals surface area contributed by atoms with Crippen LogP contribution in [0.15, 0.2) is 30.3 Å². The fourth-order valence-electron chi connectivity index (χ4n) is 1.72. The van der Waals surface area contributed by atoms with E-state index < -0.39 is 0 Å². The molecule has 0 saturated heterocycles. The first-order valence-corrected chi connectivity index (χ1v) is 4.21. The molecule has 3 nitrogen and oxygen atoms in total. The molecule has 3 rings (SSSR count). The van der Waals surface area contributed by atoms with Crippen molar-refractivity contribution >= 4 is 16.8 Å². The number of hydrogen-bond donors (Lipinski definition) is 1. The predicted molar refractivity (Wildman–Crippen MR) is 50.3 cm³/mol. The van der Waals surface area contributed by atoms with Crippen molar-refractivity contribution in [3.05, 3.63) is 36.2 Å². The Bertz CT molecular complexity index is 511. The second-order valence-corrected chi connectivity index (χ2v) is 3.12. The molecule has 0 saturated carbocycles. The number of fused-ring (bicyclic) bond motifs is 3. The molecule has 2 aromatic rings. The number of benzene rings is 1. The van der Waals surface area contributed by atoms with Crippen LogP contribution in [0.1, 0.15) is 5.82 Å². The van der Waals surface area contributed by atoms with Gasteiger partial charge in [0, 0.05) is 6.54 Å². The third kappa shape index (κ3) is 0.758. The number of aromatic nitrogens is 2. The number of aliphatic hydroxyl groups is 1. The minimum absolute atomic E-state index is 0.288. The van der Waals surface area contributed by atoms with E-state index in [-0.39, 0.29) is 5.76 Å². The first-order valence-electron chi connectivity index (χ1n) is 4.21. The summed E-state index contributed by atoms with van der Waals surface area (Å²) in [7, 11) is 0. The zero-order chi connectivity index (χ0) is 8.84. The summed E-state index contributed by atoms with van der Waals surface area (Å²) >= 11 is 0. The largest absolute Gasteiger partial charge is 0.504 e. The Morgan fingerprint density at radius 2 is 2.15 bits per heavy atom. The summed E-state index contributed by atoms with van der Waals surface area (Å²) in [6.45, 7) is 0.724. The van der Waals surface area contributed by atoms with Crippen LogP contribution in [0.4, 0.5) is 0 Å². The minimum Gasteiger partial charge on any atom is -0.504 e. The molecule has 0 atom stereocenters. The molecule has 0 unspecified atom stereocenters. The summed E-state index contributed by atoms with van der Waals surface area (Å²) in [6.07, 6.45) is 1.77. The standard InChI is InChI=1S/C10H8N2O/c13-9-5-6-12-8-4-2-1-3-7(8)11-10(9)12/h1-5,13H,6H2. The van der Waals surface area contributed by atoms with E-state index >= 15 is 0 Å². The van der Waals surface area contributed by atoms with Crippen LogP contribution in [-0.4, -0.2) is 14.7 Å². The molecule has 1 aromatic carbocycles. The summed E-state index contributed by atoms with van der Waals surface area (Å²) in [5.74, 6) is 0.970. The number of aliphatic hydroxyl groups excluding tert-OH is 1. The van der Waals surface area contributed by atoms with Crippen LogP contribution in [0.5, 0.6) is 0 Å². The van der Waals surface area contributed by atoms with Gasteiger partial charge in [-0.1, -0.05) is 12.1 Å². The Morgan fingerprint density at radius 3 is 3.08 bits per heavy atom. The molecule has 1 aromatic heterocycles. The van der Waals surface area contributed by atoms with Crippen molar-refractivity contribution in [2.45, 2.75) is 6.54 Å². The van der Waals surface area contributed by atoms with Crippen molar-refractivity contribution < 1.29 is 5.11 Å². The number of para-hydroxylation sites is 2. The van der Waals surface area contributed by atoms with E-state index in [1.54, 1.807) is 6.08 Å². The lowest BCUT2D eigenvalue weighted by Crippen LogP contribution is -1.92. The van der Waals surface area contributed by atoms with E-state index in [0.29, 0.717) is 5.82 Å². The van der Waals surface area contributed by atoms with Crippen molar-refractivity contribution in [3.63, 3.8) is 0 Å². The molecule has 1 aliphatic heterocycles. The Kier molecular flexibility index (Phi) is 1.10. The van der Waals surface area contributed by atoms with Crippen molar-refractivity contribution in [2.75, 3.05) is 0 Å². The number of hydrogen-bond acceptors (Lipinski definition) is 2. The molecule has 0 fully saturated rings. The highest BCUT2D eigenvalue weighted by atomic mass is 16.3. The molecule has 0 radical (unpaired) electrons. The molecule has 0 aliphatic carbocycles. The third-order valence-electron chi connectivity index (χ3n) is 2.35. The second-order valence-electron chi connectivity index (χ2n) is 3.12. The van der Waals surface area contributed by atoms with Crippen LogP contribution in [0.2, 0.25) is 0 Å². The van der Waals surface area contributed by atoms with Crippen LogP contribution in [0, 0.1) is 0 Å². The first-order chi connectivity index (χ1) is 6.36. The fraction of sp³-hybridized carbons (Fsp3) is 0.100. The highest BCUT2D eigenvalue weighted by Gasteiger charge is 2.17. The monoisotopic (exact) mass is 172 g/mol. The Morgan fingerprint density at radius 1 is 1.31 bits per heavy atom. The lowest BCUT2D eigenvalue weighted by Gasteiger charge is -1.95. The van der Waals surface area contributed by atoms with Gasteiger partial charge < -0.3 is 9.67 Å². The number of nitrogens with zero attached hydrogens (tertiary/aromatic N) is 2. The summed E-state index contributed by atoms with van der Waals surface area (Å²) in [5, 5.41) is 9.46. The van der Waals surface area contributed by atoms with E-state index in [4.69, 9.17) is 0 Å². The van der Waals surface area contributed by atoms with E-state index in [0.717, 1.165) is 17.6 Å². The van der Waals surface area contributed by atoms with Crippen molar-refractivity contribution in [3.8, 4) is 0 Å². The third-order valence-corrected chi connectivity index (χ3v) is 2.35. The van der Waals surface area contributed by atoms with Crippen LogP contribution < -0.4 is 0 Å². The predicted octanol–water partition coefficient (Wildman–Crippen LogP) is 1.95. The number of allylic oxidation sites excluding steroid dienone is 1. The molecule has 0 amide bonds. The van der Waals surface area contributed by atoms with Gasteiger partial charge in [-0.2, -0.15) is 0 Å². The van der Waals surface area contributed by atoms with E-state index in [1.807, 2.05) is 28.8 Å². The Hall–Kier alpha value is -1.77. The lowest BCUT2D eigenvalue weighted by molar-refractivity contribution is 0.508. The van der Waals surface area contributed by atoms with Crippen molar-refractivity contribution in [1.82, 2.24) is 9.55 Å². The summed E-state index contributed by atoms with van der Waals surface area (Å²) in [4.78, 5) is 4.32. The molecule has 2 heterocycles. The van der Waals surface area contributed by atoms with Crippen LogP contribution in [-0.2, 0) is 6.54 Å². The molecule has 13 heavy (non-hydrogen) atoms. The average molecular weight is 172 g/mol. The van der Waals surface area contributed by atoms with Gasteiger partial charge in [0.1, 0.15) is 0 Å². The first kappa shape index (κ1) is 6.71. The zero-order valence-corrected chi connectivity index (χ0v) is 6.94. The maximum Gasteiger partial charge on any atom is 0.176 e. The molecule has 0 spiro atoms. The van der Waals surface area contributed by atoms with Crippen molar-refractivity contribution in [1.29, 1.82) is 0 Å². The topological polar surface area (TPSA) is 38.0 Å². The summed E-state index contributed by atoms with van der Waals surface area (Å²) < 4.78 is 2.00. The Balaban J connectivity index is 2.43. The second kappa shape index (κ2) is 2.13. The molecule has 1 N–H and O–H groups in total. The van der Waals surface area contributed by atoms with Gasteiger partial charge in [0.2, 0.25) is 0 Å². The molecular weight excluding hydrogens is 164 g/mol. The maximum absolute atomic E-state index is 9.46. The molecule has 3 heteroatoms. The van der Waals surface area contributed by atoms with Gasteiger partial charge in [0.15, 0.2) is 11.6 Å². The van der Waals surface area contributed by atoms with Crippen LogP contribution in [0.3, 0.4) is 0 Å². The van der Waals surface area contributed by atoms with Gasteiger partial charge in [-0.05, 0) is 18.2 Å². The molecule has 1 aliphatic rings. The van der Waals surface area contributed by atoms with Gasteiger partial charge in [-0.25, -0.2) is 4.98 Å². The smallest absolute Gasteiger partial charge is 0.176 e. The van der Waals surface area contributed by atoms with E-state index in [9.17, 15) is 5.11 Å². The van der Waals surface area contributed by atoms with Gasteiger partial charge in [0.05, 0.1) is 11.0 Å². The van der Waals surface area contributed by atoms with Gasteiger partial charge in [-0.3, -0.25) is 0 Å². The van der Waals surface area contributed by atoms with Gasteiger partial charge in [0.25, 0.3) is 0 Å².